The van der Waals surface area contributed by atoms with Gasteiger partial charge in [-0.2, -0.15) is 0 Å². The summed E-state index contributed by atoms with van der Waals surface area (Å²) in [6.07, 6.45) is -2.43. The van der Waals surface area contributed by atoms with Crippen LogP contribution in [0, 0.1) is 34.5 Å². The van der Waals surface area contributed by atoms with E-state index in [1.165, 1.54) is 0 Å². The van der Waals surface area contributed by atoms with Gasteiger partial charge < -0.3 is 34.1 Å². The molecule has 0 aromatic heterocycles. The van der Waals surface area contributed by atoms with Crippen molar-refractivity contribution in [2.75, 3.05) is 0 Å². The Bertz CT molecular complexity index is 1030. The van der Waals surface area contributed by atoms with E-state index in [0.29, 0.717) is 48.7 Å². The van der Waals surface area contributed by atoms with Crippen LogP contribution >= 0.6 is 0 Å². The van der Waals surface area contributed by atoms with Gasteiger partial charge in [-0.05, 0) is 80.5 Å². The second kappa shape index (κ2) is 9.50. The summed E-state index contributed by atoms with van der Waals surface area (Å²) in [4.78, 5) is 24.1. The zero-order chi connectivity index (χ0) is 26.9. The highest BCUT2D eigenvalue weighted by molar-refractivity contribution is 7.80. The molecule has 5 fully saturated rings. The molecule has 0 radical (unpaired) electrons. The van der Waals surface area contributed by atoms with Crippen LogP contribution in [0.3, 0.4) is 0 Å². The molecule has 0 amide bonds. The Morgan fingerprint density at radius 1 is 1.05 bits per heavy atom. The fourth-order valence-corrected chi connectivity index (χ4v) is 9.20. The fourth-order valence-electron chi connectivity index (χ4n) is 8.70. The number of ether oxygens (including phenoxy) is 2. The molecule has 1 heterocycles. The average molecular weight is 545 g/mol. The van der Waals surface area contributed by atoms with E-state index in [0.717, 1.165) is 38.5 Å². The maximum atomic E-state index is 12.6. The van der Waals surface area contributed by atoms with Gasteiger partial charge in [-0.25, -0.2) is 8.42 Å². The molecule has 0 spiro atoms. The van der Waals surface area contributed by atoms with Crippen molar-refractivity contribution in [1.82, 2.24) is 0 Å². The molecule has 12 atom stereocenters. The smallest absolute Gasteiger partial charge is 0.218 e. The van der Waals surface area contributed by atoms with Crippen molar-refractivity contribution in [1.29, 1.82) is 0 Å². The van der Waals surface area contributed by atoms with E-state index in [2.05, 4.69) is 18.0 Å². The lowest BCUT2D eigenvalue weighted by atomic mass is 9.45. The van der Waals surface area contributed by atoms with Gasteiger partial charge in [0, 0.05) is 11.8 Å². The van der Waals surface area contributed by atoms with Crippen molar-refractivity contribution >= 4 is 22.2 Å². The number of aliphatic carboxylic acids is 1. The number of carboxylic acids is 1. The van der Waals surface area contributed by atoms with E-state index in [1.807, 2.05) is 0 Å². The van der Waals surface area contributed by atoms with Crippen molar-refractivity contribution in [3.8, 4) is 0 Å². The van der Waals surface area contributed by atoms with E-state index in [9.17, 15) is 37.9 Å². The van der Waals surface area contributed by atoms with Gasteiger partial charge in [-0.1, -0.05) is 13.8 Å². The van der Waals surface area contributed by atoms with Crippen LogP contribution in [0.4, 0.5) is 0 Å². The molecule has 210 valence electrons. The first-order valence-electron chi connectivity index (χ1n) is 13.3. The Morgan fingerprint density at radius 2 is 1.78 bits per heavy atom. The van der Waals surface area contributed by atoms with Crippen molar-refractivity contribution < 1.29 is 51.5 Å². The summed E-state index contributed by atoms with van der Waals surface area (Å²) in [6.45, 7) is 4.49. The molecule has 37 heavy (non-hydrogen) atoms. The summed E-state index contributed by atoms with van der Waals surface area (Å²) in [5, 5.41) is 32.2. The van der Waals surface area contributed by atoms with Crippen molar-refractivity contribution in [3.05, 3.63) is 0 Å². The molecule has 1 saturated heterocycles. The van der Waals surface area contributed by atoms with Crippen LogP contribution in [0.2, 0.25) is 0 Å². The fraction of sp³-hybridized carbons (Fsp3) is 0.920. The zero-order valence-electron chi connectivity index (χ0n) is 21.1. The Hall–Kier alpha value is -1.15. The summed E-state index contributed by atoms with van der Waals surface area (Å²) < 4.78 is 48.8. The van der Waals surface area contributed by atoms with E-state index in [4.69, 9.17) is 9.47 Å². The highest BCUT2D eigenvalue weighted by atomic mass is 32.3. The highest BCUT2D eigenvalue weighted by Crippen LogP contribution is 2.65. The lowest BCUT2D eigenvalue weighted by Gasteiger charge is -2.60. The van der Waals surface area contributed by atoms with Gasteiger partial charge in [0.2, 0.25) is 10.4 Å². The van der Waals surface area contributed by atoms with Crippen molar-refractivity contribution in [2.45, 2.75) is 108 Å². The second-order valence-electron chi connectivity index (χ2n) is 12.3. The molecule has 4 saturated carbocycles. The molecule has 0 aromatic rings. The normalized spacial score (nSPS) is 50.1. The first-order valence-corrected chi connectivity index (χ1v) is 14.6. The molecule has 0 unspecified atom stereocenters. The quantitative estimate of drug-likeness (QED) is 0.270. The molecule has 4 aliphatic carbocycles. The molecule has 0 bridgehead atoms. The second-order valence-corrected chi connectivity index (χ2v) is 13.3. The number of hydrogen-bond donors (Lipinski definition) is 2. The summed E-state index contributed by atoms with van der Waals surface area (Å²) in [5.41, 5.74) is -0.108. The topological polar surface area (TPSA) is 183 Å². The monoisotopic (exact) mass is 544 g/mol. The van der Waals surface area contributed by atoms with Crippen LogP contribution in [0.1, 0.15) is 71.6 Å². The third kappa shape index (κ3) is 4.66. The first kappa shape index (κ1) is 27.4. The number of fused-ring (bicyclic) bond motifs is 5. The molecule has 11 nitrogen and oxygen atoms in total. The van der Waals surface area contributed by atoms with Gasteiger partial charge in [0.1, 0.15) is 30.2 Å². The van der Waals surface area contributed by atoms with Gasteiger partial charge in [0.15, 0.2) is 6.29 Å². The molecule has 12 heteroatoms. The molecular weight excluding hydrogens is 508 g/mol. The van der Waals surface area contributed by atoms with Crippen molar-refractivity contribution in [2.24, 2.45) is 34.5 Å². The van der Waals surface area contributed by atoms with Crippen LogP contribution in [-0.4, -0.2) is 71.7 Å². The summed E-state index contributed by atoms with van der Waals surface area (Å²) in [5.74, 6) is 0.382. The molecule has 2 N–H and O–H groups in total. The lowest BCUT2D eigenvalue weighted by Crippen LogP contribution is -2.64. The minimum Gasteiger partial charge on any atom is -0.726 e. The van der Waals surface area contributed by atoms with Gasteiger partial charge in [-0.15, -0.1) is 0 Å². The zero-order valence-corrected chi connectivity index (χ0v) is 21.9. The standard InChI is InChI=1S/C25H38O11S/c1-24-9-7-13(34-23-19(28)20(36-37(31,32)33)18(27)21(35-23)22(29)30)11-12(24)3-4-14-15-5-6-17(26)25(15,2)10-8-16(14)24/h12-16,18-21,23,27-28H,3-11H2,1-2H3,(H,29,30)(H,31,32,33)/p-2/t12-,13-,14+,15+,16+,18+,19-,20+,21+,23-,24+,25+/m1/s1. The maximum Gasteiger partial charge on any atom is 0.218 e. The minimum absolute atomic E-state index is 0.0772. The first-order chi connectivity index (χ1) is 17.2. The average Bonchev–Trinajstić information content (AvgIpc) is 3.12. The van der Waals surface area contributed by atoms with E-state index >= 15 is 0 Å². The largest absolute Gasteiger partial charge is 0.726 e. The Balaban J connectivity index is 1.28. The number of aliphatic hydroxyl groups is 2. The molecule has 5 aliphatic rings. The van der Waals surface area contributed by atoms with Crippen molar-refractivity contribution in [3.63, 3.8) is 0 Å². The predicted molar refractivity (Wildman–Crippen MR) is 122 cm³/mol. The molecule has 5 rings (SSSR count). The number of hydrogen-bond acceptors (Lipinski definition) is 11. The number of carbonyl (C=O) groups excluding carboxylic acids is 2. The number of carboxylic acid groups (broad SMARTS) is 1. The number of aliphatic hydroxyl groups excluding tert-OH is 2. The predicted octanol–water partition coefficient (Wildman–Crippen LogP) is 0.0254. The van der Waals surface area contributed by atoms with Crippen LogP contribution in [0.25, 0.3) is 0 Å². The summed E-state index contributed by atoms with van der Waals surface area (Å²) in [6, 6.07) is 0. The molecule has 0 aromatic carbocycles. The van der Waals surface area contributed by atoms with Gasteiger partial charge in [0.05, 0.1) is 12.1 Å². The van der Waals surface area contributed by atoms with Gasteiger partial charge in [-0.3, -0.25) is 8.98 Å². The Kier molecular flexibility index (Phi) is 7.04. The third-order valence-corrected chi connectivity index (χ3v) is 11.1. The van der Waals surface area contributed by atoms with Gasteiger partial charge in [0.25, 0.3) is 0 Å². The SMILES string of the molecule is C[C@]12CC[C@@H](O[C@@H]3O[C@H](C(=O)[O-])[C@@H](O)[C@H](OS(=O)(=O)[O-])[C@H]3O)C[C@H]1CC[C@@H]1[C@@H]2CC[C@]2(C)C(=O)CC[C@@H]12. The van der Waals surface area contributed by atoms with Gasteiger partial charge >= 0.3 is 0 Å². The van der Waals surface area contributed by atoms with Crippen LogP contribution < -0.4 is 5.11 Å². The highest BCUT2D eigenvalue weighted by Gasteiger charge is 2.60. The molecule has 1 aliphatic heterocycles. The van der Waals surface area contributed by atoms with Crippen LogP contribution in [0.15, 0.2) is 0 Å². The third-order valence-electron chi connectivity index (χ3n) is 10.7. The number of ketones is 1. The number of carbonyl (C=O) groups is 2. The summed E-state index contributed by atoms with van der Waals surface area (Å²) >= 11 is 0. The van der Waals surface area contributed by atoms with Crippen LogP contribution in [0.5, 0.6) is 0 Å². The number of Topliss-reactive ketones (excluding diaryl/α,β-unsaturated/α-hetero) is 1. The Morgan fingerprint density at radius 3 is 2.46 bits per heavy atom. The van der Waals surface area contributed by atoms with E-state index < -0.39 is 53.2 Å². The maximum absolute atomic E-state index is 12.6. The van der Waals surface area contributed by atoms with E-state index in [-0.39, 0.29) is 10.8 Å². The van der Waals surface area contributed by atoms with Crippen LogP contribution in [-0.2, 0) is 33.6 Å². The Labute approximate surface area is 216 Å². The molecular formula is C25H36O11S-2. The summed E-state index contributed by atoms with van der Waals surface area (Å²) in [7, 11) is -5.36. The lowest BCUT2D eigenvalue weighted by molar-refractivity contribution is -0.353. The van der Waals surface area contributed by atoms with E-state index in [1.54, 1.807) is 0 Å². The number of rotatable bonds is 5. The minimum atomic E-state index is -5.36.